The maximum atomic E-state index is 10.7. The molecule has 0 saturated heterocycles. The number of anilines is 2. The number of rotatable bonds is 3. The van der Waals surface area contributed by atoms with Crippen molar-refractivity contribution in [3.05, 3.63) is 28.3 Å². The van der Waals surface area contributed by atoms with Crippen LogP contribution in [0.25, 0.3) is 0 Å². The zero-order valence-electron chi connectivity index (χ0n) is 10.1. The lowest BCUT2D eigenvalue weighted by atomic mass is 9.95. The Bertz CT molecular complexity index is 489. The average molecular weight is 247 g/mol. The van der Waals surface area contributed by atoms with Crippen LogP contribution in [-0.4, -0.2) is 11.0 Å². The molecule has 2 saturated carbocycles. The van der Waals surface area contributed by atoms with E-state index in [4.69, 9.17) is 5.73 Å². The summed E-state index contributed by atoms with van der Waals surface area (Å²) in [5.41, 5.74) is 6.80. The van der Waals surface area contributed by atoms with Crippen molar-refractivity contribution in [3.8, 4) is 0 Å². The lowest BCUT2D eigenvalue weighted by molar-refractivity contribution is -0.383. The Labute approximate surface area is 106 Å². The molecule has 96 valence electrons. The smallest absolute Gasteiger partial charge is 0.292 e. The molecule has 0 radical (unpaired) electrons. The second-order valence-electron chi connectivity index (χ2n) is 5.46. The highest BCUT2D eigenvalue weighted by molar-refractivity contribution is 5.66. The van der Waals surface area contributed by atoms with Gasteiger partial charge in [0.2, 0.25) is 0 Å². The summed E-state index contributed by atoms with van der Waals surface area (Å²) in [6.45, 7) is 0. The first-order chi connectivity index (χ1) is 8.63. The zero-order valence-corrected chi connectivity index (χ0v) is 10.1. The van der Waals surface area contributed by atoms with Crippen LogP contribution in [0.5, 0.6) is 0 Å². The van der Waals surface area contributed by atoms with Crippen molar-refractivity contribution in [1.82, 2.24) is 0 Å². The number of nitro benzene ring substituents is 1. The van der Waals surface area contributed by atoms with Gasteiger partial charge in [-0.1, -0.05) is 6.42 Å². The molecule has 0 amide bonds. The van der Waals surface area contributed by atoms with Crippen LogP contribution in [0.1, 0.15) is 25.7 Å². The fraction of sp³-hybridized carbons (Fsp3) is 0.538. The lowest BCUT2D eigenvalue weighted by Crippen LogP contribution is -2.25. The molecule has 2 aliphatic carbocycles. The first-order valence-electron chi connectivity index (χ1n) is 6.44. The number of nitrogen functional groups attached to an aromatic ring is 1. The summed E-state index contributed by atoms with van der Waals surface area (Å²) >= 11 is 0. The summed E-state index contributed by atoms with van der Waals surface area (Å²) in [6, 6.07) is 5.42. The molecule has 3 rings (SSSR count). The molecule has 3 N–H and O–H groups in total. The van der Waals surface area contributed by atoms with E-state index in [1.54, 1.807) is 12.1 Å². The highest BCUT2D eigenvalue weighted by atomic mass is 16.6. The molecular weight excluding hydrogens is 230 g/mol. The van der Waals surface area contributed by atoms with Crippen LogP contribution >= 0.6 is 0 Å². The maximum Gasteiger partial charge on any atom is 0.292 e. The van der Waals surface area contributed by atoms with Gasteiger partial charge in [0, 0.05) is 17.8 Å². The molecule has 0 aliphatic heterocycles. The molecule has 1 aromatic carbocycles. The van der Waals surface area contributed by atoms with Gasteiger partial charge in [0.1, 0.15) is 5.69 Å². The Balaban J connectivity index is 1.74. The van der Waals surface area contributed by atoms with Crippen molar-refractivity contribution >= 4 is 17.1 Å². The number of hydrogen-bond donors (Lipinski definition) is 2. The monoisotopic (exact) mass is 247 g/mol. The Hall–Kier alpha value is -1.78. The van der Waals surface area contributed by atoms with Crippen LogP contribution in [0, 0.1) is 22.0 Å². The number of nitrogens with zero attached hydrogens (tertiary/aromatic N) is 1. The van der Waals surface area contributed by atoms with Crippen molar-refractivity contribution in [2.24, 2.45) is 11.8 Å². The zero-order chi connectivity index (χ0) is 12.7. The van der Waals surface area contributed by atoms with Crippen molar-refractivity contribution in [3.63, 3.8) is 0 Å². The normalized spacial score (nSPS) is 29.4. The van der Waals surface area contributed by atoms with Crippen LogP contribution < -0.4 is 11.1 Å². The van der Waals surface area contributed by atoms with E-state index in [9.17, 15) is 10.1 Å². The third-order valence-corrected chi connectivity index (χ3v) is 4.31. The second kappa shape index (κ2) is 4.15. The van der Waals surface area contributed by atoms with Crippen molar-refractivity contribution < 1.29 is 4.92 Å². The fourth-order valence-electron chi connectivity index (χ4n) is 3.45. The molecule has 2 aliphatic rings. The predicted octanol–water partition coefficient (Wildman–Crippen LogP) is 2.78. The second-order valence-corrected chi connectivity index (χ2v) is 5.46. The summed E-state index contributed by atoms with van der Waals surface area (Å²) in [5.74, 6) is 1.65. The van der Waals surface area contributed by atoms with Gasteiger partial charge in [0.25, 0.3) is 5.69 Å². The van der Waals surface area contributed by atoms with Crippen LogP contribution in [0.15, 0.2) is 18.2 Å². The van der Waals surface area contributed by atoms with Gasteiger partial charge in [-0.3, -0.25) is 10.1 Å². The minimum Gasteiger partial charge on any atom is -0.393 e. The van der Waals surface area contributed by atoms with Crippen LogP contribution in [0.2, 0.25) is 0 Å². The summed E-state index contributed by atoms with van der Waals surface area (Å²) in [5, 5.41) is 14.2. The molecule has 0 heterocycles. The van der Waals surface area contributed by atoms with E-state index in [0.717, 1.165) is 17.5 Å². The molecule has 5 nitrogen and oxygen atoms in total. The standard InChI is InChI=1S/C13H17N3O2/c14-11-7-10(3-4-13(11)16(17)18)15-12-6-8-1-2-9(12)5-8/h3-4,7-9,12,15H,1-2,5-6,14H2. The summed E-state index contributed by atoms with van der Waals surface area (Å²) in [7, 11) is 0. The summed E-state index contributed by atoms with van der Waals surface area (Å²) in [6.07, 6.45) is 5.23. The van der Waals surface area contributed by atoms with Gasteiger partial charge in [-0.25, -0.2) is 0 Å². The van der Waals surface area contributed by atoms with Crippen LogP contribution in [0.3, 0.4) is 0 Å². The predicted molar refractivity (Wildman–Crippen MR) is 70.4 cm³/mol. The third kappa shape index (κ3) is 1.89. The highest BCUT2D eigenvalue weighted by Gasteiger charge is 2.39. The van der Waals surface area contributed by atoms with Gasteiger partial charge in [-0.05, 0) is 43.2 Å². The van der Waals surface area contributed by atoms with E-state index in [0.29, 0.717) is 6.04 Å². The van der Waals surface area contributed by atoms with Gasteiger partial charge < -0.3 is 11.1 Å². The molecule has 0 spiro atoms. The van der Waals surface area contributed by atoms with Gasteiger partial charge in [0.15, 0.2) is 0 Å². The summed E-state index contributed by atoms with van der Waals surface area (Å²) < 4.78 is 0. The van der Waals surface area contributed by atoms with E-state index in [-0.39, 0.29) is 11.4 Å². The quantitative estimate of drug-likeness (QED) is 0.489. The number of nitrogens with one attached hydrogen (secondary N) is 1. The molecule has 5 heteroatoms. The number of nitrogens with two attached hydrogens (primary N) is 1. The third-order valence-electron chi connectivity index (χ3n) is 4.31. The van der Waals surface area contributed by atoms with Gasteiger partial charge in [-0.15, -0.1) is 0 Å². The van der Waals surface area contributed by atoms with E-state index in [1.165, 1.54) is 31.7 Å². The molecule has 2 bridgehead atoms. The molecule has 1 aromatic rings. The Kier molecular flexibility index (Phi) is 2.61. The van der Waals surface area contributed by atoms with E-state index in [1.807, 2.05) is 0 Å². The Morgan fingerprint density at radius 1 is 1.33 bits per heavy atom. The highest BCUT2D eigenvalue weighted by Crippen LogP contribution is 2.45. The topological polar surface area (TPSA) is 81.2 Å². The Morgan fingerprint density at radius 2 is 2.17 bits per heavy atom. The minimum atomic E-state index is -0.448. The van der Waals surface area contributed by atoms with E-state index in [2.05, 4.69) is 5.32 Å². The first-order valence-corrected chi connectivity index (χ1v) is 6.44. The van der Waals surface area contributed by atoms with Gasteiger partial charge in [-0.2, -0.15) is 0 Å². The van der Waals surface area contributed by atoms with Gasteiger partial charge >= 0.3 is 0 Å². The van der Waals surface area contributed by atoms with Crippen molar-refractivity contribution in [1.29, 1.82) is 0 Å². The molecule has 18 heavy (non-hydrogen) atoms. The average Bonchev–Trinajstić information content (AvgIpc) is 2.90. The van der Waals surface area contributed by atoms with Crippen LogP contribution in [-0.2, 0) is 0 Å². The van der Waals surface area contributed by atoms with Crippen molar-refractivity contribution in [2.75, 3.05) is 11.1 Å². The molecule has 0 aromatic heterocycles. The van der Waals surface area contributed by atoms with Crippen molar-refractivity contribution in [2.45, 2.75) is 31.7 Å². The number of hydrogen-bond acceptors (Lipinski definition) is 4. The number of nitro groups is 1. The van der Waals surface area contributed by atoms with E-state index < -0.39 is 4.92 Å². The van der Waals surface area contributed by atoms with E-state index >= 15 is 0 Å². The SMILES string of the molecule is Nc1cc(NC2CC3CCC2C3)ccc1[N+](=O)[O-]. The largest absolute Gasteiger partial charge is 0.393 e. The van der Waals surface area contributed by atoms with Gasteiger partial charge in [0.05, 0.1) is 4.92 Å². The number of benzene rings is 1. The van der Waals surface area contributed by atoms with Crippen LogP contribution in [0.4, 0.5) is 17.1 Å². The molecular formula is C13H17N3O2. The molecule has 3 unspecified atom stereocenters. The molecule has 3 atom stereocenters. The molecule has 2 fully saturated rings. The number of fused-ring (bicyclic) bond motifs is 2. The Morgan fingerprint density at radius 3 is 2.72 bits per heavy atom. The fourth-order valence-corrected chi connectivity index (χ4v) is 3.45. The lowest BCUT2D eigenvalue weighted by Gasteiger charge is -2.24. The summed E-state index contributed by atoms with van der Waals surface area (Å²) in [4.78, 5) is 10.2. The first kappa shape index (κ1) is 11.3. The maximum absolute atomic E-state index is 10.7. The minimum absolute atomic E-state index is 0.0199.